The van der Waals surface area contributed by atoms with Crippen LogP contribution in [0.5, 0.6) is 0 Å². The first kappa shape index (κ1) is 11.5. The molecule has 0 fully saturated rings. The zero-order valence-electron chi connectivity index (χ0n) is 10.5. The lowest BCUT2D eigenvalue weighted by molar-refractivity contribution is 0.584. The van der Waals surface area contributed by atoms with E-state index in [2.05, 4.69) is 10.2 Å². The number of benzene rings is 2. The zero-order chi connectivity index (χ0) is 13.2. The van der Waals surface area contributed by atoms with Gasteiger partial charge in [0.25, 0.3) is 0 Å². The van der Waals surface area contributed by atoms with Crippen LogP contribution in [-0.2, 0) is 0 Å². The fourth-order valence-corrected chi connectivity index (χ4v) is 1.78. The van der Waals surface area contributed by atoms with Crippen LogP contribution in [0.3, 0.4) is 0 Å². The Balaban J connectivity index is 1.95. The van der Waals surface area contributed by atoms with Crippen molar-refractivity contribution in [1.29, 1.82) is 0 Å². The lowest BCUT2D eigenvalue weighted by atomic mass is 10.1. The average molecular weight is 251 g/mol. The van der Waals surface area contributed by atoms with Crippen molar-refractivity contribution in [1.82, 2.24) is 10.2 Å². The third-order valence-electron chi connectivity index (χ3n) is 2.88. The molecular formula is C15H13N3O. The van der Waals surface area contributed by atoms with Gasteiger partial charge < -0.3 is 10.2 Å². The molecule has 3 rings (SSSR count). The minimum Gasteiger partial charge on any atom is -0.416 e. The summed E-state index contributed by atoms with van der Waals surface area (Å²) < 4.78 is 5.67. The highest BCUT2D eigenvalue weighted by molar-refractivity contribution is 5.60. The molecule has 0 saturated carbocycles. The number of nitrogen functional groups attached to an aromatic ring is 1. The Kier molecular flexibility index (Phi) is 2.76. The van der Waals surface area contributed by atoms with E-state index in [0.717, 1.165) is 11.1 Å². The summed E-state index contributed by atoms with van der Waals surface area (Å²) in [6, 6.07) is 15.3. The molecule has 4 heteroatoms. The molecule has 2 aromatic carbocycles. The molecule has 0 atom stereocenters. The van der Waals surface area contributed by atoms with Gasteiger partial charge >= 0.3 is 0 Å². The molecular weight excluding hydrogens is 238 g/mol. The van der Waals surface area contributed by atoms with E-state index in [9.17, 15) is 0 Å². The van der Waals surface area contributed by atoms with Gasteiger partial charge in [-0.05, 0) is 43.3 Å². The fraction of sp³-hybridized carbons (Fsp3) is 0.0667. The molecule has 0 unspecified atom stereocenters. The first-order chi connectivity index (χ1) is 9.22. The van der Waals surface area contributed by atoms with Crippen LogP contribution in [0.4, 0.5) is 5.69 Å². The second kappa shape index (κ2) is 4.57. The van der Waals surface area contributed by atoms with Crippen LogP contribution in [0.15, 0.2) is 52.9 Å². The minimum atomic E-state index is 0.496. The van der Waals surface area contributed by atoms with E-state index in [1.165, 1.54) is 5.56 Å². The van der Waals surface area contributed by atoms with Crippen LogP contribution >= 0.6 is 0 Å². The van der Waals surface area contributed by atoms with Gasteiger partial charge in [0.2, 0.25) is 11.8 Å². The summed E-state index contributed by atoms with van der Waals surface area (Å²) in [6.07, 6.45) is 0. The highest BCUT2D eigenvalue weighted by Gasteiger charge is 2.09. The fourth-order valence-electron chi connectivity index (χ4n) is 1.78. The minimum absolute atomic E-state index is 0.496. The van der Waals surface area contributed by atoms with Gasteiger partial charge in [0.1, 0.15) is 0 Å². The van der Waals surface area contributed by atoms with Gasteiger partial charge in [0, 0.05) is 16.8 Å². The number of rotatable bonds is 2. The maximum atomic E-state index is 5.67. The Bertz CT molecular complexity index is 624. The summed E-state index contributed by atoms with van der Waals surface area (Å²) in [4.78, 5) is 0. The molecule has 0 aliphatic carbocycles. The van der Waals surface area contributed by atoms with Crippen molar-refractivity contribution < 1.29 is 4.42 Å². The summed E-state index contributed by atoms with van der Waals surface area (Å²) in [5.74, 6) is 1.02. The third kappa shape index (κ3) is 2.33. The first-order valence-electron chi connectivity index (χ1n) is 5.99. The van der Waals surface area contributed by atoms with Crippen molar-refractivity contribution >= 4 is 5.69 Å². The molecule has 94 valence electrons. The van der Waals surface area contributed by atoms with Gasteiger partial charge in [-0.15, -0.1) is 10.2 Å². The van der Waals surface area contributed by atoms with E-state index in [0.29, 0.717) is 17.5 Å². The summed E-state index contributed by atoms with van der Waals surface area (Å²) >= 11 is 0. The quantitative estimate of drug-likeness (QED) is 0.710. The SMILES string of the molecule is Cc1ccc(-c2nnc(-c3ccc(N)cc3)o2)cc1. The van der Waals surface area contributed by atoms with E-state index < -0.39 is 0 Å². The summed E-state index contributed by atoms with van der Waals surface area (Å²) in [5.41, 5.74) is 9.33. The number of aromatic nitrogens is 2. The normalized spacial score (nSPS) is 10.6. The number of nitrogens with two attached hydrogens (primary N) is 1. The molecule has 0 radical (unpaired) electrons. The molecule has 0 aliphatic rings. The summed E-state index contributed by atoms with van der Waals surface area (Å²) in [5, 5.41) is 8.12. The molecule has 2 N–H and O–H groups in total. The van der Waals surface area contributed by atoms with Gasteiger partial charge in [-0.3, -0.25) is 0 Å². The standard InChI is InChI=1S/C15H13N3O/c1-10-2-4-11(5-3-10)14-17-18-15(19-14)12-6-8-13(16)9-7-12/h2-9H,16H2,1H3. The maximum absolute atomic E-state index is 5.67. The Labute approximate surface area is 110 Å². The second-order valence-electron chi connectivity index (χ2n) is 4.40. The molecule has 1 aromatic heterocycles. The van der Waals surface area contributed by atoms with E-state index >= 15 is 0 Å². The lowest BCUT2D eigenvalue weighted by Gasteiger charge is -1.96. The Morgan fingerprint density at radius 2 is 1.26 bits per heavy atom. The number of hydrogen-bond acceptors (Lipinski definition) is 4. The Hall–Kier alpha value is -2.62. The van der Waals surface area contributed by atoms with E-state index in [-0.39, 0.29) is 0 Å². The van der Waals surface area contributed by atoms with Crippen LogP contribution in [-0.4, -0.2) is 10.2 Å². The van der Waals surface area contributed by atoms with Crippen molar-refractivity contribution in [3.05, 3.63) is 54.1 Å². The highest BCUT2D eigenvalue weighted by Crippen LogP contribution is 2.24. The third-order valence-corrected chi connectivity index (χ3v) is 2.88. The van der Waals surface area contributed by atoms with Crippen LogP contribution < -0.4 is 5.73 Å². The molecule has 0 amide bonds. The van der Waals surface area contributed by atoms with E-state index in [4.69, 9.17) is 10.2 Å². The number of nitrogens with zero attached hydrogens (tertiary/aromatic N) is 2. The number of hydrogen-bond donors (Lipinski definition) is 1. The predicted octanol–water partition coefficient (Wildman–Crippen LogP) is 3.29. The van der Waals surface area contributed by atoms with E-state index in [1.807, 2.05) is 55.5 Å². The van der Waals surface area contributed by atoms with E-state index in [1.54, 1.807) is 0 Å². The van der Waals surface area contributed by atoms with Crippen LogP contribution in [0.1, 0.15) is 5.56 Å². The van der Waals surface area contributed by atoms with Crippen molar-refractivity contribution in [3.63, 3.8) is 0 Å². The van der Waals surface area contributed by atoms with Gasteiger partial charge in [-0.2, -0.15) is 0 Å². The Morgan fingerprint density at radius 3 is 1.79 bits per heavy atom. The topological polar surface area (TPSA) is 64.9 Å². The molecule has 19 heavy (non-hydrogen) atoms. The molecule has 1 heterocycles. The zero-order valence-corrected chi connectivity index (χ0v) is 10.5. The van der Waals surface area contributed by atoms with Crippen molar-refractivity contribution in [2.45, 2.75) is 6.92 Å². The average Bonchev–Trinajstić information content (AvgIpc) is 2.90. The molecule has 0 spiro atoms. The van der Waals surface area contributed by atoms with Crippen LogP contribution in [0, 0.1) is 6.92 Å². The largest absolute Gasteiger partial charge is 0.416 e. The first-order valence-corrected chi connectivity index (χ1v) is 5.99. The monoisotopic (exact) mass is 251 g/mol. The summed E-state index contributed by atoms with van der Waals surface area (Å²) in [6.45, 7) is 2.04. The number of anilines is 1. The smallest absolute Gasteiger partial charge is 0.248 e. The molecule has 3 aromatic rings. The second-order valence-corrected chi connectivity index (χ2v) is 4.40. The molecule has 4 nitrogen and oxygen atoms in total. The lowest BCUT2D eigenvalue weighted by Crippen LogP contribution is -1.83. The van der Waals surface area contributed by atoms with Crippen LogP contribution in [0.25, 0.3) is 22.9 Å². The molecule has 0 bridgehead atoms. The predicted molar refractivity (Wildman–Crippen MR) is 74.3 cm³/mol. The van der Waals surface area contributed by atoms with Crippen molar-refractivity contribution in [3.8, 4) is 22.9 Å². The summed E-state index contributed by atoms with van der Waals surface area (Å²) in [7, 11) is 0. The van der Waals surface area contributed by atoms with Crippen LogP contribution in [0.2, 0.25) is 0 Å². The number of aryl methyl sites for hydroxylation is 1. The van der Waals surface area contributed by atoms with Gasteiger partial charge in [-0.25, -0.2) is 0 Å². The van der Waals surface area contributed by atoms with Gasteiger partial charge in [0.15, 0.2) is 0 Å². The Morgan fingerprint density at radius 1 is 0.789 bits per heavy atom. The van der Waals surface area contributed by atoms with Crippen molar-refractivity contribution in [2.24, 2.45) is 0 Å². The maximum Gasteiger partial charge on any atom is 0.248 e. The molecule has 0 aliphatic heterocycles. The highest BCUT2D eigenvalue weighted by atomic mass is 16.4. The van der Waals surface area contributed by atoms with Gasteiger partial charge in [0.05, 0.1) is 0 Å². The molecule has 0 saturated heterocycles. The van der Waals surface area contributed by atoms with Gasteiger partial charge in [-0.1, -0.05) is 17.7 Å². The van der Waals surface area contributed by atoms with Crippen molar-refractivity contribution in [2.75, 3.05) is 5.73 Å².